The van der Waals surface area contributed by atoms with Gasteiger partial charge in [0.15, 0.2) is 5.96 Å². The molecule has 0 aliphatic heterocycles. The first-order chi connectivity index (χ1) is 11.3. The summed E-state index contributed by atoms with van der Waals surface area (Å²) in [6, 6.07) is 6.81. The Balaban J connectivity index is 1.92. The minimum Gasteiger partial charge on any atom is -0.359 e. The maximum absolute atomic E-state index is 13.5. The van der Waals surface area contributed by atoms with Crippen molar-refractivity contribution in [3.63, 3.8) is 0 Å². The molecule has 24 heavy (non-hydrogen) atoms. The number of hydrogen-bond acceptors (Lipinski definition) is 2. The van der Waals surface area contributed by atoms with E-state index in [1.807, 2.05) is 19.9 Å². The molecule has 1 amide bonds. The first-order valence-corrected chi connectivity index (χ1v) is 8.26. The molecule has 0 radical (unpaired) electrons. The van der Waals surface area contributed by atoms with E-state index >= 15 is 0 Å². The molecule has 3 N–H and O–H groups in total. The average Bonchev–Trinajstić information content (AvgIpc) is 3.35. The van der Waals surface area contributed by atoms with Crippen LogP contribution in [0.25, 0.3) is 0 Å². The third kappa shape index (κ3) is 4.24. The molecule has 0 atom stereocenters. The normalized spacial score (nSPS) is 16.5. The molecule has 6 heteroatoms. The van der Waals surface area contributed by atoms with E-state index in [1.54, 1.807) is 26.2 Å². The highest BCUT2D eigenvalue weighted by Gasteiger charge is 2.44. The number of halogens is 1. The Bertz CT molecular complexity index is 623. The summed E-state index contributed by atoms with van der Waals surface area (Å²) in [5.41, 5.74) is 0.471. The van der Waals surface area contributed by atoms with Crippen molar-refractivity contribution in [1.29, 1.82) is 0 Å². The summed E-state index contributed by atoms with van der Waals surface area (Å²) in [5, 5.41) is 9.16. The summed E-state index contributed by atoms with van der Waals surface area (Å²) in [4.78, 5) is 16.0. The minimum atomic E-state index is -0.536. The van der Waals surface area contributed by atoms with Gasteiger partial charge in [-0.05, 0) is 44.4 Å². The van der Waals surface area contributed by atoms with Gasteiger partial charge >= 0.3 is 0 Å². The monoisotopic (exact) mass is 334 g/mol. The Kier molecular flexibility index (Phi) is 5.47. The smallest absolute Gasteiger partial charge is 0.227 e. The predicted octanol–water partition coefficient (Wildman–Crippen LogP) is 1.79. The maximum Gasteiger partial charge on any atom is 0.227 e. The quantitative estimate of drug-likeness (QED) is 0.549. The first-order valence-electron chi connectivity index (χ1n) is 8.26. The van der Waals surface area contributed by atoms with Crippen molar-refractivity contribution in [2.45, 2.75) is 32.1 Å². The summed E-state index contributed by atoms with van der Waals surface area (Å²) in [7, 11) is 3.33. The van der Waals surface area contributed by atoms with E-state index in [1.165, 1.54) is 6.07 Å². The number of carbonyl (C=O) groups is 1. The lowest BCUT2D eigenvalue weighted by molar-refractivity contribution is -0.128. The van der Waals surface area contributed by atoms with Gasteiger partial charge in [-0.1, -0.05) is 12.1 Å². The molecule has 1 aliphatic carbocycles. The topological polar surface area (TPSA) is 65.5 Å². The van der Waals surface area contributed by atoms with Crippen molar-refractivity contribution in [2.24, 2.45) is 10.4 Å². The van der Waals surface area contributed by atoms with Gasteiger partial charge < -0.3 is 16.0 Å². The lowest BCUT2D eigenvalue weighted by atomic mass is 9.92. The van der Waals surface area contributed by atoms with Gasteiger partial charge in [-0.25, -0.2) is 4.39 Å². The molecular formula is C18H27FN4O. The van der Waals surface area contributed by atoms with E-state index in [9.17, 15) is 9.18 Å². The number of rotatable bonds is 6. The van der Waals surface area contributed by atoms with Crippen LogP contribution in [-0.4, -0.2) is 39.1 Å². The number of amides is 1. The molecule has 0 heterocycles. The van der Waals surface area contributed by atoms with Gasteiger partial charge in [0.25, 0.3) is 0 Å². The van der Waals surface area contributed by atoms with Crippen LogP contribution in [0.5, 0.6) is 0 Å². The Morgan fingerprint density at radius 3 is 2.58 bits per heavy atom. The van der Waals surface area contributed by atoms with Crippen molar-refractivity contribution in [3.8, 4) is 0 Å². The first kappa shape index (κ1) is 18.2. The van der Waals surface area contributed by atoms with Crippen LogP contribution >= 0.6 is 0 Å². The average molecular weight is 334 g/mol. The molecular weight excluding hydrogens is 307 g/mol. The largest absolute Gasteiger partial charge is 0.359 e. The van der Waals surface area contributed by atoms with Crippen molar-refractivity contribution in [2.75, 3.05) is 27.2 Å². The van der Waals surface area contributed by atoms with Gasteiger partial charge in [0.1, 0.15) is 5.82 Å². The zero-order valence-corrected chi connectivity index (χ0v) is 14.9. The SMILES string of the molecule is CN=C(NCC(C)(C)C(=O)NC)NCC1(c2cccc(F)c2)CC1. The molecule has 0 bridgehead atoms. The molecule has 5 nitrogen and oxygen atoms in total. The second-order valence-electron chi connectivity index (χ2n) is 7.03. The Labute approximate surface area is 143 Å². The van der Waals surface area contributed by atoms with Gasteiger partial charge in [-0.3, -0.25) is 9.79 Å². The fourth-order valence-electron chi connectivity index (χ4n) is 2.73. The van der Waals surface area contributed by atoms with Crippen molar-refractivity contribution >= 4 is 11.9 Å². The summed E-state index contributed by atoms with van der Waals surface area (Å²) in [6.07, 6.45) is 2.06. The van der Waals surface area contributed by atoms with E-state index in [2.05, 4.69) is 20.9 Å². The molecule has 0 saturated heterocycles. The Hall–Kier alpha value is -2.11. The van der Waals surface area contributed by atoms with Gasteiger partial charge in [-0.2, -0.15) is 0 Å². The number of guanidine groups is 1. The van der Waals surface area contributed by atoms with Gasteiger partial charge in [0, 0.05) is 32.6 Å². The Morgan fingerprint density at radius 2 is 2.04 bits per heavy atom. The number of hydrogen-bond donors (Lipinski definition) is 3. The third-order valence-corrected chi connectivity index (χ3v) is 4.65. The van der Waals surface area contributed by atoms with E-state index in [4.69, 9.17) is 0 Å². The van der Waals surface area contributed by atoms with Crippen LogP contribution in [0.1, 0.15) is 32.3 Å². The minimum absolute atomic E-state index is 0.0178. The fraction of sp³-hybridized carbons (Fsp3) is 0.556. The van der Waals surface area contributed by atoms with E-state index in [0.717, 1.165) is 18.4 Å². The summed E-state index contributed by atoms with van der Waals surface area (Å²) in [6.45, 7) is 4.92. The molecule has 1 aromatic carbocycles. The van der Waals surface area contributed by atoms with Crippen molar-refractivity contribution in [1.82, 2.24) is 16.0 Å². The Morgan fingerprint density at radius 1 is 1.33 bits per heavy atom. The van der Waals surface area contributed by atoms with Crippen LogP contribution in [0, 0.1) is 11.2 Å². The molecule has 2 rings (SSSR count). The van der Waals surface area contributed by atoms with Crippen LogP contribution in [0.2, 0.25) is 0 Å². The number of benzene rings is 1. The number of nitrogens with zero attached hydrogens (tertiary/aromatic N) is 1. The van der Waals surface area contributed by atoms with Gasteiger partial charge in [-0.15, -0.1) is 0 Å². The molecule has 1 fully saturated rings. The molecule has 132 valence electrons. The van der Waals surface area contributed by atoms with Gasteiger partial charge in [0.05, 0.1) is 5.41 Å². The third-order valence-electron chi connectivity index (χ3n) is 4.65. The summed E-state index contributed by atoms with van der Waals surface area (Å²) in [5.74, 6) is 0.423. The highest BCUT2D eigenvalue weighted by molar-refractivity contribution is 5.84. The van der Waals surface area contributed by atoms with E-state index < -0.39 is 5.41 Å². The van der Waals surface area contributed by atoms with Crippen LogP contribution in [0.4, 0.5) is 4.39 Å². The zero-order valence-electron chi connectivity index (χ0n) is 14.9. The van der Waals surface area contributed by atoms with Crippen LogP contribution in [-0.2, 0) is 10.2 Å². The fourth-order valence-corrected chi connectivity index (χ4v) is 2.73. The highest BCUT2D eigenvalue weighted by Crippen LogP contribution is 2.47. The maximum atomic E-state index is 13.5. The van der Waals surface area contributed by atoms with Gasteiger partial charge in [0.2, 0.25) is 5.91 Å². The highest BCUT2D eigenvalue weighted by atomic mass is 19.1. The van der Waals surface area contributed by atoms with Crippen molar-refractivity contribution < 1.29 is 9.18 Å². The molecule has 1 aromatic rings. The molecule has 1 saturated carbocycles. The second-order valence-corrected chi connectivity index (χ2v) is 7.03. The summed E-state index contributed by atoms with van der Waals surface area (Å²) >= 11 is 0. The second kappa shape index (κ2) is 7.20. The summed E-state index contributed by atoms with van der Waals surface area (Å²) < 4.78 is 13.5. The molecule has 0 spiro atoms. The van der Waals surface area contributed by atoms with E-state index in [0.29, 0.717) is 19.0 Å². The van der Waals surface area contributed by atoms with Crippen LogP contribution in [0.15, 0.2) is 29.3 Å². The predicted molar refractivity (Wildman–Crippen MR) is 94.5 cm³/mol. The number of aliphatic imine (C=N–C) groups is 1. The van der Waals surface area contributed by atoms with Crippen LogP contribution in [0.3, 0.4) is 0 Å². The van der Waals surface area contributed by atoms with E-state index in [-0.39, 0.29) is 17.1 Å². The van der Waals surface area contributed by atoms with Crippen LogP contribution < -0.4 is 16.0 Å². The zero-order chi connectivity index (χ0) is 17.8. The standard InChI is InChI=1S/C18H27FN4O/c1-17(2,15(24)20-3)11-22-16(21-4)23-12-18(8-9-18)13-6-5-7-14(19)10-13/h5-7,10H,8-9,11-12H2,1-4H3,(H,20,24)(H2,21,22,23). The number of nitrogens with one attached hydrogen (secondary N) is 3. The lowest BCUT2D eigenvalue weighted by Gasteiger charge is -2.25. The van der Waals surface area contributed by atoms with Crippen molar-refractivity contribution in [3.05, 3.63) is 35.6 Å². The molecule has 1 aliphatic rings. The lowest BCUT2D eigenvalue weighted by Crippen LogP contribution is -2.48. The molecule has 0 aromatic heterocycles. The molecule has 0 unspecified atom stereocenters. The number of carbonyl (C=O) groups excluding carboxylic acids is 1.